The second-order valence-electron chi connectivity index (χ2n) is 2.45. The van der Waals surface area contributed by atoms with Gasteiger partial charge in [0.1, 0.15) is 10.6 Å². The molecule has 1 rings (SSSR count). The van der Waals surface area contributed by atoms with E-state index in [4.69, 9.17) is 11.6 Å². The Morgan fingerprint density at radius 3 is 2.67 bits per heavy atom. The summed E-state index contributed by atoms with van der Waals surface area (Å²) in [7, 11) is 1.18. The molecule has 0 aliphatic heterocycles. The Morgan fingerprint density at radius 2 is 2.27 bits per heavy atom. The topological polar surface area (TPSA) is 65.3 Å². The Bertz CT molecular complexity index is 400. The minimum absolute atomic E-state index is 0.196. The summed E-state index contributed by atoms with van der Waals surface area (Å²) in [5.74, 6) is -1.21. The predicted molar refractivity (Wildman–Crippen MR) is 47.4 cm³/mol. The van der Waals surface area contributed by atoms with Gasteiger partial charge >= 0.3 is 11.7 Å². The molecule has 8 heteroatoms. The molecule has 0 bridgehead atoms. The van der Waals surface area contributed by atoms with Gasteiger partial charge in [-0.05, 0) is 11.0 Å². The lowest BCUT2D eigenvalue weighted by Gasteiger charge is -2.03. The van der Waals surface area contributed by atoms with Crippen LogP contribution in [0.4, 0.5) is 14.6 Å². The molecule has 1 aromatic heterocycles. The maximum absolute atomic E-state index is 12.4. The lowest BCUT2D eigenvalue weighted by atomic mass is 10.2. The summed E-state index contributed by atoms with van der Waals surface area (Å²) in [5.41, 5.74) is -0.828. The number of rotatable bonds is 3. The molecule has 0 N–H and O–H groups in total. The van der Waals surface area contributed by atoms with Gasteiger partial charge in [-0.15, -0.1) is 0 Å². The molecule has 0 spiro atoms. The number of halogens is 3. The lowest BCUT2D eigenvalue weighted by molar-refractivity contribution is -0.391. The third-order valence-electron chi connectivity index (χ3n) is 1.55. The minimum Gasteiger partial charge on any atom is -0.462 e. The lowest BCUT2D eigenvalue weighted by Crippen LogP contribution is -2.01. The zero-order chi connectivity index (χ0) is 11.6. The third kappa shape index (κ3) is 2.30. The Hall–Kier alpha value is -1.50. The summed E-state index contributed by atoms with van der Waals surface area (Å²) >= 11 is 5.51. The summed E-state index contributed by atoms with van der Waals surface area (Å²) in [6, 6.07) is 0.774. The zero-order valence-corrected chi connectivity index (χ0v) is 8.16. The minimum atomic E-state index is -3.01. The van der Waals surface area contributed by atoms with E-state index in [1.807, 2.05) is 0 Å². The first-order chi connectivity index (χ1) is 6.97. The van der Waals surface area contributed by atoms with Gasteiger partial charge in [-0.2, -0.15) is 0 Å². The number of hydrogen-bond acceptors (Lipinski definition) is 4. The molecule has 0 aliphatic carbocycles. The fourth-order valence-corrected chi connectivity index (χ4v) is 1.16. The summed E-state index contributed by atoms with van der Waals surface area (Å²) in [4.78, 5) is 12.7. The van der Waals surface area contributed by atoms with Crippen molar-refractivity contribution in [1.29, 1.82) is 0 Å². The number of aromatic nitrogens is 1. The van der Waals surface area contributed by atoms with Gasteiger partial charge in [-0.3, -0.25) is 0 Å². The van der Waals surface area contributed by atoms with Gasteiger partial charge in [0.25, 0.3) is 6.43 Å². The Kier molecular flexibility index (Phi) is 3.35. The first-order valence-corrected chi connectivity index (χ1v) is 4.02. The maximum Gasteiger partial charge on any atom is 0.376 e. The molecular weight excluding hydrogens is 234 g/mol. The van der Waals surface area contributed by atoms with Crippen LogP contribution < -0.4 is 4.74 Å². The van der Waals surface area contributed by atoms with Crippen molar-refractivity contribution in [1.82, 2.24) is 4.98 Å². The van der Waals surface area contributed by atoms with Crippen molar-refractivity contribution in [3.05, 3.63) is 26.8 Å². The van der Waals surface area contributed by atoms with E-state index in [1.165, 1.54) is 7.11 Å². The number of ether oxygens (including phenoxy) is 1. The number of alkyl halides is 2. The molecule has 1 heterocycles. The van der Waals surface area contributed by atoms with Crippen LogP contribution in [0.1, 0.15) is 12.0 Å². The van der Waals surface area contributed by atoms with Crippen LogP contribution in [0.25, 0.3) is 0 Å². The van der Waals surface area contributed by atoms with Crippen molar-refractivity contribution >= 4 is 17.4 Å². The Balaban J connectivity index is 3.39. The number of pyridine rings is 1. The summed E-state index contributed by atoms with van der Waals surface area (Å²) in [5, 5.41) is 10.2. The van der Waals surface area contributed by atoms with Crippen molar-refractivity contribution < 1.29 is 18.4 Å². The van der Waals surface area contributed by atoms with Crippen LogP contribution in [0, 0.1) is 10.1 Å². The van der Waals surface area contributed by atoms with Crippen molar-refractivity contribution in [3.8, 4) is 5.88 Å². The smallest absolute Gasteiger partial charge is 0.376 e. The van der Waals surface area contributed by atoms with Crippen LogP contribution >= 0.6 is 11.6 Å². The van der Waals surface area contributed by atoms with Crippen molar-refractivity contribution in [2.24, 2.45) is 0 Å². The Morgan fingerprint density at radius 1 is 1.67 bits per heavy atom. The molecule has 0 radical (unpaired) electrons. The second kappa shape index (κ2) is 4.35. The van der Waals surface area contributed by atoms with Gasteiger partial charge in [0, 0.05) is 4.98 Å². The van der Waals surface area contributed by atoms with E-state index in [-0.39, 0.29) is 10.9 Å². The number of hydrogen-bond donors (Lipinski definition) is 0. The number of methoxy groups -OCH3 is 1. The van der Waals surface area contributed by atoms with Gasteiger partial charge in [-0.1, -0.05) is 11.6 Å². The predicted octanol–water partition coefficient (Wildman–Crippen LogP) is 2.59. The van der Waals surface area contributed by atoms with E-state index in [2.05, 4.69) is 9.72 Å². The summed E-state index contributed by atoms with van der Waals surface area (Å²) in [6.45, 7) is 0. The van der Waals surface area contributed by atoms with E-state index in [9.17, 15) is 18.9 Å². The number of nitrogens with zero attached hydrogens (tertiary/aromatic N) is 2. The highest BCUT2D eigenvalue weighted by Crippen LogP contribution is 2.33. The molecule has 0 aliphatic rings. The summed E-state index contributed by atoms with van der Waals surface area (Å²) in [6.07, 6.45) is -3.01. The highest BCUT2D eigenvalue weighted by molar-refractivity contribution is 6.31. The fourth-order valence-electron chi connectivity index (χ4n) is 0.927. The van der Waals surface area contributed by atoms with Crippen molar-refractivity contribution in [3.63, 3.8) is 0 Å². The highest BCUT2D eigenvalue weighted by atomic mass is 35.5. The monoisotopic (exact) mass is 238 g/mol. The average Bonchev–Trinajstić information content (AvgIpc) is 2.16. The molecule has 0 fully saturated rings. The second-order valence-corrected chi connectivity index (χ2v) is 2.86. The maximum atomic E-state index is 12.4. The molecule has 0 amide bonds. The molecule has 0 saturated carbocycles. The third-order valence-corrected chi connectivity index (χ3v) is 1.82. The van der Waals surface area contributed by atoms with Gasteiger partial charge in [0.05, 0.1) is 7.11 Å². The Labute approximate surface area is 87.8 Å². The standard InChI is InChI=1S/C7H5ClF2N2O3/c1-15-7-4(8)2-3(5(9)10)6(11-7)12(13)14/h2,5H,1H3. The van der Waals surface area contributed by atoms with E-state index in [0.29, 0.717) is 0 Å². The van der Waals surface area contributed by atoms with Crippen LogP contribution in [-0.2, 0) is 0 Å². The number of nitro groups is 1. The first kappa shape index (κ1) is 11.6. The highest BCUT2D eigenvalue weighted by Gasteiger charge is 2.27. The van der Waals surface area contributed by atoms with Crippen LogP contribution in [-0.4, -0.2) is 17.0 Å². The van der Waals surface area contributed by atoms with Crippen LogP contribution in [0.3, 0.4) is 0 Å². The molecule has 1 aromatic rings. The van der Waals surface area contributed by atoms with Crippen LogP contribution in [0.5, 0.6) is 5.88 Å². The molecule has 0 atom stereocenters. The molecule has 82 valence electrons. The fraction of sp³-hybridized carbons (Fsp3) is 0.286. The molecule has 0 aromatic carbocycles. The van der Waals surface area contributed by atoms with Crippen molar-refractivity contribution in [2.75, 3.05) is 7.11 Å². The summed E-state index contributed by atoms with van der Waals surface area (Å²) < 4.78 is 29.3. The van der Waals surface area contributed by atoms with Crippen LogP contribution in [0.15, 0.2) is 6.07 Å². The van der Waals surface area contributed by atoms with Crippen molar-refractivity contribution in [2.45, 2.75) is 6.43 Å². The average molecular weight is 239 g/mol. The molecule has 15 heavy (non-hydrogen) atoms. The first-order valence-electron chi connectivity index (χ1n) is 3.64. The molecule has 0 unspecified atom stereocenters. The largest absolute Gasteiger partial charge is 0.462 e. The van der Waals surface area contributed by atoms with Gasteiger partial charge < -0.3 is 14.9 Å². The van der Waals surface area contributed by atoms with E-state index in [0.717, 1.165) is 6.07 Å². The van der Waals surface area contributed by atoms with E-state index in [1.54, 1.807) is 0 Å². The van der Waals surface area contributed by atoms with Gasteiger partial charge in [0.2, 0.25) is 0 Å². The van der Waals surface area contributed by atoms with E-state index >= 15 is 0 Å². The molecule has 5 nitrogen and oxygen atoms in total. The zero-order valence-electron chi connectivity index (χ0n) is 7.41. The quantitative estimate of drug-likeness (QED) is 0.600. The van der Waals surface area contributed by atoms with Gasteiger partial charge in [0.15, 0.2) is 0 Å². The normalized spacial score (nSPS) is 10.5. The molecule has 0 saturated heterocycles. The van der Waals surface area contributed by atoms with E-state index < -0.39 is 22.7 Å². The molecular formula is C7H5ClF2N2O3. The van der Waals surface area contributed by atoms with Crippen LogP contribution in [0.2, 0.25) is 5.02 Å². The SMILES string of the molecule is COc1nc([N+](=O)[O-])c(C(F)F)cc1Cl. The van der Waals surface area contributed by atoms with Gasteiger partial charge in [-0.25, -0.2) is 8.78 Å².